The first-order chi connectivity index (χ1) is 9.54. The Balaban J connectivity index is 1.79. The van der Waals surface area contributed by atoms with E-state index in [-0.39, 0.29) is 5.91 Å². The molecule has 1 aromatic carbocycles. The molecule has 0 radical (unpaired) electrons. The van der Waals surface area contributed by atoms with Gasteiger partial charge in [0, 0.05) is 33.8 Å². The molecule has 1 aromatic heterocycles. The highest BCUT2D eigenvalue weighted by Gasteiger charge is 2.07. The van der Waals surface area contributed by atoms with Crippen molar-refractivity contribution in [3.05, 3.63) is 35.0 Å². The van der Waals surface area contributed by atoms with Gasteiger partial charge >= 0.3 is 0 Å². The highest BCUT2D eigenvalue weighted by Crippen LogP contribution is 2.28. The van der Waals surface area contributed by atoms with E-state index < -0.39 is 0 Å². The molecule has 0 atom stereocenters. The lowest BCUT2D eigenvalue weighted by Crippen LogP contribution is -2.12. The first-order valence-electron chi connectivity index (χ1n) is 5.95. The third-order valence-corrected chi connectivity index (χ3v) is 3.78. The number of aromatic nitrogens is 1. The summed E-state index contributed by atoms with van der Waals surface area (Å²) in [5.41, 5.74) is 6.46. The van der Waals surface area contributed by atoms with Crippen molar-refractivity contribution in [2.75, 3.05) is 16.8 Å². The van der Waals surface area contributed by atoms with Crippen LogP contribution in [0.4, 0.5) is 11.5 Å². The van der Waals surface area contributed by atoms with Crippen LogP contribution in [0, 0.1) is 6.92 Å². The summed E-state index contributed by atoms with van der Waals surface area (Å²) in [6.45, 7) is 1.77. The van der Waals surface area contributed by atoms with Crippen LogP contribution in [-0.2, 0) is 4.79 Å². The number of nitrogens with one attached hydrogen (secondary N) is 1. The van der Waals surface area contributed by atoms with Crippen LogP contribution in [0.15, 0.2) is 33.7 Å². The molecule has 0 unspecified atom stereocenters. The van der Waals surface area contributed by atoms with Crippen LogP contribution < -0.4 is 11.1 Å². The fourth-order valence-electron chi connectivity index (χ4n) is 1.54. The van der Waals surface area contributed by atoms with Crippen LogP contribution in [-0.4, -0.2) is 16.8 Å². The summed E-state index contributed by atoms with van der Waals surface area (Å²) in [5.74, 6) is 1.60. The van der Waals surface area contributed by atoms with Gasteiger partial charge in [-0.3, -0.25) is 4.79 Å². The number of nitrogen functional groups attached to an aromatic ring is 1. The topological polar surface area (TPSA) is 81.2 Å². The van der Waals surface area contributed by atoms with Crippen molar-refractivity contribution >= 4 is 40.8 Å². The lowest BCUT2D eigenvalue weighted by molar-refractivity contribution is -0.115. The van der Waals surface area contributed by atoms with Gasteiger partial charge in [-0.05, 0) is 25.1 Å². The van der Waals surface area contributed by atoms with E-state index in [9.17, 15) is 4.79 Å². The summed E-state index contributed by atoms with van der Waals surface area (Å²) in [6.07, 6.45) is 0.360. The van der Waals surface area contributed by atoms with Gasteiger partial charge < -0.3 is 15.6 Å². The number of thioether (sulfide) groups is 1. The zero-order valence-electron chi connectivity index (χ0n) is 10.9. The zero-order valence-corrected chi connectivity index (χ0v) is 12.4. The molecule has 5 nitrogen and oxygen atoms in total. The number of nitrogens with zero attached hydrogens (tertiary/aromatic N) is 1. The first kappa shape index (κ1) is 14.7. The van der Waals surface area contributed by atoms with Crippen LogP contribution in [0.1, 0.15) is 12.2 Å². The highest BCUT2D eigenvalue weighted by atomic mass is 35.5. The van der Waals surface area contributed by atoms with Crippen molar-refractivity contribution in [1.82, 2.24) is 5.16 Å². The Bertz CT molecular complexity index is 615. The van der Waals surface area contributed by atoms with E-state index in [0.29, 0.717) is 34.5 Å². The van der Waals surface area contributed by atoms with Gasteiger partial charge in [-0.2, -0.15) is 0 Å². The summed E-state index contributed by atoms with van der Waals surface area (Å²) < 4.78 is 4.87. The van der Waals surface area contributed by atoms with Crippen LogP contribution in [0.3, 0.4) is 0 Å². The van der Waals surface area contributed by atoms with E-state index in [2.05, 4.69) is 10.5 Å². The lowest BCUT2D eigenvalue weighted by Gasteiger charge is -2.05. The molecule has 0 aliphatic rings. The van der Waals surface area contributed by atoms with Crippen molar-refractivity contribution in [1.29, 1.82) is 0 Å². The van der Waals surface area contributed by atoms with Crippen molar-refractivity contribution < 1.29 is 9.32 Å². The molecule has 2 aromatic rings. The minimum Gasteiger partial charge on any atom is -0.398 e. The number of hydrogen-bond donors (Lipinski definition) is 2. The molecule has 0 spiro atoms. The maximum absolute atomic E-state index is 11.7. The molecular weight excluding hydrogens is 298 g/mol. The third-order valence-electron chi connectivity index (χ3n) is 2.45. The molecule has 3 N–H and O–H groups in total. The van der Waals surface area contributed by atoms with Gasteiger partial charge in [-0.1, -0.05) is 16.8 Å². The summed E-state index contributed by atoms with van der Waals surface area (Å²) >= 11 is 7.34. The van der Waals surface area contributed by atoms with E-state index in [1.54, 1.807) is 25.1 Å². The Hall–Kier alpha value is -1.66. The second-order valence-corrected chi connectivity index (χ2v) is 5.72. The second kappa shape index (κ2) is 6.67. The molecule has 0 bridgehead atoms. The Morgan fingerprint density at radius 3 is 2.95 bits per heavy atom. The maximum Gasteiger partial charge on any atom is 0.226 e. The number of benzene rings is 1. The SMILES string of the molecule is Cc1cc(NC(=O)CCSc2ccc(Cl)cc2N)no1. The van der Waals surface area contributed by atoms with Crippen LogP contribution in [0.5, 0.6) is 0 Å². The van der Waals surface area contributed by atoms with E-state index >= 15 is 0 Å². The molecule has 20 heavy (non-hydrogen) atoms. The van der Waals surface area contributed by atoms with Crippen molar-refractivity contribution in [2.45, 2.75) is 18.2 Å². The Morgan fingerprint density at radius 2 is 2.30 bits per heavy atom. The Morgan fingerprint density at radius 1 is 1.50 bits per heavy atom. The first-order valence-corrected chi connectivity index (χ1v) is 7.32. The van der Waals surface area contributed by atoms with Crippen molar-refractivity contribution in [3.63, 3.8) is 0 Å². The van der Waals surface area contributed by atoms with Crippen LogP contribution in [0.2, 0.25) is 5.02 Å². The van der Waals surface area contributed by atoms with Gasteiger partial charge in [-0.25, -0.2) is 0 Å². The lowest BCUT2D eigenvalue weighted by atomic mass is 10.3. The number of carbonyl (C=O) groups excluding carboxylic acids is 1. The fourth-order valence-corrected chi connectivity index (χ4v) is 2.61. The number of carbonyl (C=O) groups is 1. The summed E-state index contributed by atoms with van der Waals surface area (Å²) in [7, 11) is 0. The number of hydrogen-bond acceptors (Lipinski definition) is 5. The third kappa shape index (κ3) is 4.18. The largest absolute Gasteiger partial charge is 0.398 e. The quantitative estimate of drug-likeness (QED) is 0.654. The molecule has 7 heteroatoms. The predicted octanol–water partition coefficient (Wildman–Crippen LogP) is 3.34. The predicted molar refractivity (Wildman–Crippen MR) is 81.1 cm³/mol. The molecule has 0 aliphatic heterocycles. The number of amides is 1. The number of nitrogens with two attached hydrogens (primary N) is 1. The Labute approximate surface area is 125 Å². The molecule has 0 fully saturated rings. The van der Waals surface area contributed by atoms with Crippen molar-refractivity contribution in [2.24, 2.45) is 0 Å². The molecule has 2 rings (SSSR count). The smallest absolute Gasteiger partial charge is 0.226 e. The fraction of sp³-hybridized carbons (Fsp3) is 0.231. The summed E-state index contributed by atoms with van der Waals surface area (Å²) in [4.78, 5) is 12.6. The highest BCUT2D eigenvalue weighted by molar-refractivity contribution is 7.99. The van der Waals surface area contributed by atoms with E-state index in [0.717, 1.165) is 4.90 Å². The summed E-state index contributed by atoms with van der Waals surface area (Å²) in [5, 5.41) is 6.96. The van der Waals surface area contributed by atoms with Gasteiger partial charge in [0.1, 0.15) is 5.76 Å². The van der Waals surface area contributed by atoms with Gasteiger partial charge in [0.05, 0.1) is 0 Å². The normalized spacial score (nSPS) is 10.5. The molecular formula is C13H14ClN3O2S. The molecule has 0 saturated carbocycles. The molecule has 1 amide bonds. The molecule has 1 heterocycles. The number of halogens is 1. The van der Waals surface area contributed by atoms with Gasteiger partial charge in [0.2, 0.25) is 5.91 Å². The average Bonchev–Trinajstić information content (AvgIpc) is 2.77. The molecule has 0 saturated heterocycles. The monoisotopic (exact) mass is 311 g/mol. The Kier molecular flexibility index (Phi) is 4.92. The van der Waals surface area contributed by atoms with E-state index in [4.69, 9.17) is 21.9 Å². The molecule has 106 valence electrons. The van der Waals surface area contributed by atoms with Gasteiger partial charge in [0.15, 0.2) is 5.82 Å². The number of rotatable bonds is 5. The molecule has 0 aliphatic carbocycles. The number of aryl methyl sites for hydroxylation is 1. The average molecular weight is 312 g/mol. The van der Waals surface area contributed by atoms with Crippen molar-refractivity contribution in [3.8, 4) is 0 Å². The van der Waals surface area contributed by atoms with E-state index in [1.807, 2.05) is 6.07 Å². The summed E-state index contributed by atoms with van der Waals surface area (Å²) in [6, 6.07) is 6.99. The van der Waals surface area contributed by atoms with E-state index in [1.165, 1.54) is 11.8 Å². The van der Waals surface area contributed by atoms with Crippen LogP contribution in [0.25, 0.3) is 0 Å². The minimum atomic E-state index is -0.113. The zero-order chi connectivity index (χ0) is 14.5. The maximum atomic E-state index is 11.7. The van der Waals surface area contributed by atoms with Gasteiger partial charge in [-0.15, -0.1) is 11.8 Å². The standard InChI is InChI=1S/C13H14ClN3O2S/c1-8-6-12(17-19-8)16-13(18)4-5-20-11-3-2-9(14)7-10(11)15/h2-3,6-7H,4-5,15H2,1H3,(H,16,17,18). The number of anilines is 2. The van der Waals surface area contributed by atoms with Gasteiger partial charge in [0.25, 0.3) is 0 Å². The minimum absolute atomic E-state index is 0.113. The second-order valence-electron chi connectivity index (χ2n) is 4.15. The van der Waals surface area contributed by atoms with Crippen LogP contribution >= 0.6 is 23.4 Å².